The Morgan fingerprint density at radius 3 is 3.05 bits per heavy atom. The lowest BCUT2D eigenvalue weighted by molar-refractivity contribution is -0.119. The van der Waals surface area contributed by atoms with Crippen LogP contribution in [0.5, 0.6) is 0 Å². The molecule has 7 nitrogen and oxygen atoms in total. The number of carbonyl (C=O) groups is 2. The van der Waals surface area contributed by atoms with Gasteiger partial charge in [-0.05, 0) is 19.1 Å². The van der Waals surface area contributed by atoms with E-state index in [0.29, 0.717) is 24.2 Å². The lowest BCUT2D eigenvalue weighted by Crippen LogP contribution is -2.36. The Labute approximate surface area is 109 Å². The van der Waals surface area contributed by atoms with Gasteiger partial charge >= 0.3 is 0 Å². The maximum atomic E-state index is 12.1. The fourth-order valence-corrected chi connectivity index (χ4v) is 2.12. The number of aryl methyl sites for hydroxylation is 1. The minimum absolute atomic E-state index is 0.0320. The molecule has 1 atom stereocenters. The Morgan fingerprint density at radius 1 is 1.47 bits per heavy atom. The van der Waals surface area contributed by atoms with E-state index >= 15 is 0 Å². The number of hydrogen-bond acceptors (Lipinski definition) is 4. The maximum absolute atomic E-state index is 12.1. The van der Waals surface area contributed by atoms with E-state index in [0.717, 1.165) is 5.82 Å². The molecule has 7 heteroatoms. The van der Waals surface area contributed by atoms with Crippen molar-refractivity contribution < 1.29 is 9.59 Å². The van der Waals surface area contributed by atoms with Crippen molar-refractivity contribution in [2.24, 2.45) is 0 Å². The van der Waals surface area contributed by atoms with Crippen molar-refractivity contribution in [1.29, 1.82) is 0 Å². The largest absolute Gasteiger partial charge is 0.354 e. The predicted octanol–water partition coefficient (Wildman–Crippen LogP) is -0.344. The van der Waals surface area contributed by atoms with Gasteiger partial charge in [-0.2, -0.15) is 0 Å². The summed E-state index contributed by atoms with van der Waals surface area (Å²) in [4.78, 5) is 23.2. The number of amides is 2. The number of aromatic nitrogens is 3. The summed E-state index contributed by atoms with van der Waals surface area (Å²) < 4.78 is 1.76. The van der Waals surface area contributed by atoms with Crippen LogP contribution in [0.4, 0.5) is 0 Å². The van der Waals surface area contributed by atoms with Crippen LogP contribution in [0.1, 0.15) is 22.6 Å². The fourth-order valence-electron chi connectivity index (χ4n) is 2.12. The second-order valence-electron chi connectivity index (χ2n) is 4.57. The lowest BCUT2D eigenvalue weighted by Gasteiger charge is -2.10. The number of rotatable bonds is 2. The van der Waals surface area contributed by atoms with Gasteiger partial charge in [-0.1, -0.05) is 0 Å². The molecule has 2 aromatic rings. The number of carbonyl (C=O) groups excluding carboxylic acids is 2. The lowest BCUT2D eigenvalue weighted by atomic mass is 10.2. The second-order valence-corrected chi connectivity index (χ2v) is 4.57. The maximum Gasteiger partial charge on any atom is 0.253 e. The molecule has 1 aliphatic heterocycles. The molecule has 0 radical (unpaired) electrons. The third-order valence-electron chi connectivity index (χ3n) is 3.15. The average molecular weight is 259 g/mol. The highest BCUT2D eigenvalue weighted by Crippen LogP contribution is 2.08. The van der Waals surface area contributed by atoms with Crippen molar-refractivity contribution in [1.82, 2.24) is 25.2 Å². The molecule has 1 fully saturated rings. The molecule has 0 saturated carbocycles. The van der Waals surface area contributed by atoms with Gasteiger partial charge in [-0.25, -0.2) is 0 Å². The third kappa shape index (κ3) is 2.14. The standard InChI is InChI=1S/C12H13N5O2/c1-7-15-16-10-3-2-8(6-17(7)10)12(19)14-9-4-11(18)13-5-9/h2-3,6,9H,4-5H2,1H3,(H,13,18)(H,14,19). The summed E-state index contributed by atoms with van der Waals surface area (Å²) in [6.45, 7) is 2.31. The van der Waals surface area contributed by atoms with Gasteiger partial charge in [0.15, 0.2) is 5.65 Å². The van der Waals surface area contributed by atoms with Crippen LogP contribution in [0.2, 0.25) is 0 Å². The summed E-state index contributed by atoms with van der Waals surface area (Å²) in [5, 5.41) is 13.4. The van der Waals surface area contributed by atoms with Crippen molar-refractivity contribution in [3.05, 3.63) is 29.7 Å². The Morgan fingerprint density at radius 2 is 2.32 bits per heavy atom. The Balaban J connectivity index is 1.81. The molecule has 2 aromatic heterocycles. The molecule has 1 aliphatic rings. The van der Waals surface area contributed by atoms with E-state index in [1.165, 1.54) is 0 Å². The van der Waals surface area contributed by atoms with Crippen LogP contribution in [-0.2, 0) is 4.79 Å². The Kier molecular flexibility index (Phi) is 2.66. The minimum atomic E-state index is -0.198. The van der Waals surface area contributed by atoms with E-state index in [1.807, 2.05) is 6.92 Å². The normalized spacial score (nSPS) is 18.6. The first kappa shape index (κ1) is 11.6. The number of pyridine rings is 1. The van der Waals surface area contributed by atoms with Crippen molar-refractivity contribution in [3.8, 4) is 0 Å². The fraction of sp³-hybridized carbons (Fsp3) is 0.333. The summed E-state index contributed by atoms with van der Waals surface area (Å²) in [7, 11) is 0. The van der Waals surface area contributed by atoms with Crippen LogP contribution in [-0.4, -0.2) is 39.0 Å². The Bertz CT molecular complexity index is 663. The smallest absolute Gasteiger partial charge is 0.253 e. The summed E-state index contributed by atoms with van der Waals surface area (Å²) in [5.74, 6) is 0.495. The first-order chi connectivity index (χ1) is 9.13. The van der Waals surface area contributed by atoms with Crippen molar-refractivity contribution >= 4 is 17.5 Å². The molecule has 19 heavy (non-hydrogen) atoms. The molecular weight excluding hydrogens is 246 g/mol. The summed E-state index contributed by atoms with van der Waals surface area (Å²) >= 11 is 0. The second kappa shape index (κ2) is 4.34. The van der Waals surface area contributed by atoms with Crippen molar-refractivity contribution in [3.63, 3.8) is 0 Å². The molecule has 1 saturated heterocycles. The SMILES string of the molecule is Cc1nnc2ccc(C(=O)NC3CNC(=O)C3)cn12. The van der Waals surface area contributed by atoms with Gasteiger partial charge in [0.2, 0.25) is 5.91 Å². The summed E-state index contributed by atoms with van der Waals surface area (Å²) in [5.41, 5.74) is 1.22. The highest BCUT2D eigenvalue weighted by molar-refractivity contribution is 5.95. The van der Waals surface area contributed by atoms with Gasteiger partial charge in [0.05, 0.1) is 11.6 Å². The van der Waals surface area contributed by atoms with Crippen LogP contribution < -0.4 is 10.6 Å². The molecule has 0 spiro atoms. The van der Waals surface area contributed by atoms with Crippen LogP contribution in [0, 0.1) is 6.92 Å². The van der Waals surface area contributed by atoms with Gasteiger partial charge in [0.25, 0.3) is 5.91 Å². The molecule has 2 amide bonds. The van der Waals surface area contributed by atoms with Crippen LogP contribution in [0.15, 0.2) is 18.3 Å². The highest BCUT2D eigenvalue weighted by Gasteiger charge is 2.23. The molecule has 98 valence electrons. The zero-order valence-electron chi connectivity index (χ0n) is 10.4. The summed E-state index contributed by atoms with van der Waals surface area (Å²) in [6.07, 6.45) is 2.03. The monoisotopic (exact) mass is 259 g/mol. The van der Waals surface area contributed by atoms with Crippen molar-refractivity contribution in [2.45, 2.75) is 19.4 Å². The van der Waals surface area contributed by atoms with Gasteiger partial charge in [0, 0.05) is 19.2 Å². The predicted molar refractivity (Wildman–Crippen MR) is 66.6 cm³/mol. The first-order valence-corrected chi connectivity index (χ1v) is 6.02. The van der Waals surface area contributed by atoms with E-state index in [9.17, 15) is 9.59 Å². The molecule has 1 unspecified atom stereocenters. The van der Waals surface area contributed by atoms with Gasteiger partial charge in [0.1, 0.15) is 5.82 Å². The molecule has 3 rings (SSSR count). The molecule has 0 aliphatic carbocycles. The number of hydrogen-bond donors (Lipinski definition) is 2. The van der Waals surface area contributed by atoms with Gasteiger partial charge in [-0.3, -0.25) is 14.0 Å². The number of nitrogens with zero attached hydrogens (tertiary/aromatic N) is 3. The van der Waals surface area contributed by atoms with Gasteiger partial charge < -0.3 is 10.6 Å². The topological polar surface area (TPSA) is 88.4 Å². The van der Waals surface area contributed by atoms with E-state index in [1.54, 1.807) is 22.7 Å². The molecule has 0 bridgehead atoms. The average Bonchev–Trinajstić information content (AvgIpc) is 2.96. The van der Waals surface area contributed by atoms with E-state index in [2.05, 4.69) is 20.8 Å². The van der Waals surface area contributed by atoms with Crippen LogP contribution in [0.3, 0.4) is 0 Å². The van der Waals surface area contributed by atoms with Crippen LogP contribution in [0.25, 0.3) is 5.65 Å². The molecule has 0 aromatic carbocycles. The summed E-state index contributed by atoms with van der Waals surface area (Å²) in [6, 6.07) is 3.30. The molecule has 3 heterocycles. The quantitative estimate of drug-likeness (QED) is 0.772. The first-order valence-electron chi connectivity index (χ1n) is 6.02. The molecule has 2 N–H and O–H groups in total. The van der Waals surface area contributed by atoms with E-state index < -0.39 is 0 Å². The Hall–Kier alpha value is -2.44. The molecular formula is C12H13N5O2. The zero-order valence-corrected chi connectivity index (χ0v) is 10.4. The van der Waals surface area contributed by atoms with Crippen molar-refractivity contribution in [2.75, 3.05) is 6.54 Å². The van der Waals surface area contributed by atoms with E-state index in [-0.39, 0.29) is 17.9 Å². The minimum Gasteiger partial charge on any atom is -0.354 e. The highest BCUT2D eigenvalue weighted by atomic mass is 16.2. The van der Waals surface area contributed by atoms with Gasteiger partial charge in [-0.15, -0.1) is 10.2 Å². The number of nitrogens with one attached hydrogen (secondary N) is 2. The number of fused-ring (bicyclic) bond motifs is 1. The zero-order chi connectivity index (χ0) is 13.4. The van der Waals surface area contributed by atoms with E-state index in [4.69, 9.17) is 0 Å². The van der Waals surface area contributed by atoms with Crippen LogP contribution >= 0.6 is 0 Å². The third-order valence-corrected chi connectivity index (χ3v) is 3.15.